The fraction of sp³-hybridized carbons (Fsp3) is 0.222. The van der Waals surface area contributed by atoms with E-state index in [9.17, 15) is 9.59 Å². The van der Waals surface area contributed by atoms with Crippen LogP contribution in [0.1, 0.15) is 12.5 Å². The largest absolute Gasteiger partial charge is 0.481 e. The molecule has 1 heterocycles. The van der Waals surface area contributed by atoms with Crippen LogP contribution in [0.25, 0.3) is 0 Å². The van der Waals surface area contributed by atoms with Gasteiger partial charge in [0, 0.05) is 18.3 Å². The van der Waals surface area contributed by atoms with Crippen LogP contribution in [0.3, 0.4) is 0 Å². The number of rotatable bonds is 4. The fourth-order valence-electron chi connectivity index (χ4n) is 2.51. The number of benzene rings is 2. The number of hydrogen-bond donors (Lipinski definition) is 1. The highest BCUT2D eigenvalue weighted by atomic mass is 16.5. The number of fused-ring (bicyclic) bond motifs is 1. The predicted octanol–water partition coefficient (Wildman–Crippen LogP) is 3.18. The van der Waals surface area contributed by atoms with Crippen molar-refractivity contribution in [2.75, 3.05) is 23.4 Å². The third-order valence-corrected chi connectivity index (χ3v) is 3.68. The Morgan fingerprint density at radius 3 is 2.79 bits per heavy atom. The monoisotopic (exact) mass is 326 g/mol. The fourth-order valence-corrected chi connectivity index (χ4v) is 2.51. The van der Waals surface area contributed by atoms with E-state index in [0.717, 1.165) is 5.56 Å². The van der Waals surface area contributed by atoms with E-state index in [1.165, 1.54) is 0 Å². The molecule has 0 saturated carbocycles. The molecular formula is C18H18N2O4. The summed E-state index contributed by atoms with van der Waals surface area (Å²) in [6, 6.07) is 14.6. The normalized spacial score (nSPS) is 13.0. The molecule has 3 rings (SSSR count). The number of carbonyl (C=O) groups excluding carboxylic acids is 2. The highest BCUT2D eigenvalue weighted by molar-refractivity contribution is 5.98. The van der Waals surface area contributed by atoms with Crippen molar-refractivity contribution in [2.45, 2.75) is 13.5 Å². The summed E-state index contributed by atoms with van der Waals surface area (Å²) in [5.41, 5.74) is 2.17. The maximum atomic E-state index is 11.9. The molecular weight excluding hydrogens is 308 g/mol. The number of carbonyl (C=O) groups is 2. The second-order valence-electron chi connectivity index (χ2n) is 5.30. The van der Waals surface area contributed by atoms with Crippen molar-refractivity contribution in [1.82, 2.24) is 0 Å². The van der Waals surface area contributed by atoms with Crippen molar-refractivity contribution >= 4 is 23.4 Å². The molecule has 2 aromatic carbocycles. The van der Waals surface area contributed by atoms with Crippen LogP contribution in [-0.4, -0.2) is 25.2 Å². The Labute approximate surface area is 140 Å². The zero-order chi connectivity index (χ0) is 16.9. The van der Waals surface area contributed by atoms with Gasteiger partial charge >= 0.3 is 6.09 Å². The molecule has 1 aliphatic rings. The first-order valence-electron chi connectivity index (χ1n) is 7.72. The molecule has 2 amide bonds. The van der Waals surface area contributed by atoms with Gasteiger partial charge in [0.15, 0.2) is 6.61 Å². The Balaban J connectivity index is 1.64. The topological polar surface area (TPSA) is 67.9 Å². The average molecular weight is 326 g/mol. The van der Waals surface area contributed by atoms with E-state index in [-0.39, 0.29) is 19.1 Å². The smallest absolute Gasteiger partial charge is 0.411 e. The molecule has 0 aliphatic carbocycles. The summed E-state index contributed by atoms with van der Waals surface area (Å²) >= 11 is 0. The Hall–Kier alpha value is -3.02. The molecule has 0 fully saturated rings. The Bertz CT molecular complexity index is 746. The summed E-state index contributed by atoms with van der Waals surface area (Å²) in [6.45, 7) is 2.68. The van der Waals surface area contributed by atoms with Crippen molar-refractivity contribution in [3.05, 3.63) is 54.1 Å². The van der Waals surface area contributed by atoms with Crippen molar-refractivity contribution < 1.29 is 19.1 Å². The van der Waals surface area contributed by atoms with Crippen LogP contribution < -0.4 is 15.0 Å². The molecule has 0 spiro atoms. The van der Waals surface area contributed by atoms with Crippen molar-refractivity contribution in [1.29, 1.82) is 0 Å². The van der Waals surface area contributed by atoms with E-state index >= 15 is 0 Å². The van der Waals surface area contributed by atoms with E-state index in [4.69, 9.17) is 9.47 Å². The molecule has 0 saturated heterocycles. The van der Waals surface area contributed by atoms with Crippen molar-refractivity contribution in [3.63, 3.8) is 0 Å². The lowest BCUT2D eigenvalue weighted by atomic mass is 10.2. The summed E-state index contributed by atoms with van der Waals surface area (Å²) in [5.74, 6) is 0.491. The van der Waals surface area contributed by atoms with Crippen LogP contribution in [0.5, 0.6) is 5.75 Å². The first-order chi connectivity index (χ1) is 11.7. The molecule has 0 aromatic heterocycles. The predicted molar refractivity (Wildman–Crippen MR) is 90.2 cm³/mol. The van der Waals surface area contributed by atoms with Gasteiger partial charge in [0.2, 0.25) is 0 Å². The quantitative estimate of drug-likeness (QED) is 0.937. The second-order valence-corrected chi connectivity index (χ2v) is 5.30. The molecule has 0 atom stereocenters. The third-order valence-electron chi connectivity index (χ3n) is 3.68. The summed E-state index contributed by atoms with van der Waals surface area (Å²) in [7, 11) is 0. The molecule has 6 nitrogen and oxygen atoms in total. The van der Waals surface area contributed by atoms with Gasteiger partial charge in [-0.05, 0) is 24.6 Å². The summed E-state index contributed by atoms with van der Waals surface area (Å²) in [6.07, 6.45) is -0.543. The number of anilines is 2. The highest BCUT2D eigenvalue weighted by Gasteiger charge is 2.24. The average Bonchev–Trinajstić information content (AvgIpc) is 2.61. The van der Waals surface area contributed by atoms with E-state index in [1.54, 1.807) is 23.1 Å². The van der Waals surface area contributed by atoms with Gasteiger partial charge in [-0.15, -0.1) is 0 Å². The number of nitrogens with one attached hydrogen (secondary N) is 1. The van der Waals surface area contributed by atoms with Gasteiger partial charge in [0.1, 0.15) is 12.4 Å². The van der Waals surface area contributed by atoms with Gasteiger partial charge in [0.05, 0.1) is 5.69 Å². The Morgan fingerprint density at radius 2 is 2.04 bits per heavy atom. The zero-order valence-electron chi connectivity index (χ0n) is 13.3. The standard InChI is InChI=1S/C18H18N2O4/c1-2-20-15-9-8-14(10-16(15)23-12-17(20)21)19-18(22)24-11-13-6-4-3-5-7-13/h3-10H,2,11-12H2,1H3,(H,19,22). The van der Waals surface area contributed by atoms with Crippen LogP contribution in [-0.2, 0) is 16.1 Å². The summed E-state index contributed by atoms with van der Waals surface area (Å²) < 4.78 is 10.6. The highest BCUT2D eigenvalue weighted by Crippen LogP contribution is 2.34. The molecule has 6 heteroatoms. The van der Waals surface area contributed by atoms with Crippen LogP contribution >= 0.6 is 0 Å². The SMILES string of the molecule is CCN1C(=O)COc2cc(NC(=O)OCc3ccccc3)ccc21. The maximum absolute atomic E-state index is 11.9. The third kappa shape index (κ3) is 3.48. The van der Waals surface area contributed by atoms with Crippen molar-refractivity contribution in [3.8, 4) is 5.75 Å². The molecule has 24 heavy (non-hydrogen) atoms. The zero-order valence-corrected chi connectivity index (χ0v) is 13.3. The van der Waals surface area contributed by atoms with Gasteiger partial charge in [-0.3, -0.25) is 10.1 Å². The van der Waals surface area contributed by atoms with Crippen LogP contribution in [0.4, 0.5) is 16.2 Å². The van der Waals surface area contributed by atoms with Gasteiger partial charge < -0.3 is 14.4 Å². The molecule has 0 unspecified atom stereocenters. The van der Waals surface area contributed by atoms with E-state index in [0.29, 0.717) is 23.7 Å². The molecule has 0 bridgehead atoms. The molecule has 124 valence electrons. The number of likely N-dealkylation sites (N-methyl/N-ethyl adjacent to an activating group) is 1. The molecule has 2 aromatic rings. The Kier molecular flexibility index (Phi) is 4.65. The lowest BCUT2D eigenvalue weighted by Crippen LogP contribution is -2.38. The number of nitrogens with zero attached hydrogens (tertiary/aromatic N) is 1. The number of hydrogen-bond acceptors (Lipinski definition) is 4. The van der Waals surface area contributed by atoms with Crippen LogP contribution in [0.15, 0.2) is 48.5 Å². The number of amides is 2. The van der Waals surface area contributed by atoms with Crippen LogP contribution in [0.2, 0.25) is 0 Å². The minimum absolute atomic E-state index is 0.00273. The minimum Gasteiger partial charge on any atom is -0.481 e. The van der Waals surface area contributed by atoms with E-state index < -0.39 is 6.09 Å². The first kappa shape index (κ1) is 15.9. The lowest BCUT2D eigenvalue weighted by molar-refractivity contribution is -0.121. The molecule has 0 radical (unpaired) electrons. The Morgan fingerprint density at radius 1 is 1.25 bits per heavy atom. The van der Waals surface area contributed by atoms with Crippen LogP contribution in [0, 0.1) is 0 Å². The first-order valence-corrected chi connectivity index (χ1v) is 7.72. The van der Waals surface area contributed by atoms with Gasteiger partial charge in [0.25, 0.3) is 5.91 Å². The minimum atomic E-state index is -0.543. The maximum Gasteiger partial charge on any atom is 0.411 e. The van der Waals surface area contributed by atoms with E-state index in [1.807, 2.05) is 37.3 Å². The van der Waals surface area contributed by atoms with Crippen molar-refractivity contribution in [2.24, 2.45) is 0 Å². The second kappa shape index (κ2) is 7.04. The lowest BCUT2D eigenvalue weighted by Gasteiger charge is -2.28. The van der Waals surface area contributed by atoms with Gasteiger partial charge in [-0.2, -0.15) is 0 Å². The molecule has 1 N–H and O–H groups in total. The number of ether oxygens (including phenoxy) is 2. The van der Waals surface area contributed by atoms with Gasteiger partial charge in [-0.1, -0.05) is 30.3 Å². The van der Waals surface area contributed by atoms with E-state index in [2.05, 4.69) is 5.32 Å². The van der Waals surface area contributed by atoms with Gasteiger partial charge in [-0.25, -0.2) is 4.79 Å². The summed E-state index contributed by atoms with van der Waals surface area (Å²) in [5, 5.41) is 2.66. The summed E-state index contributed by atoms with van der Waals surface area (Å²) in [4.78, 5) is 25.3. The molecule has 1 aliphatic heterocycles.